The van der Waals surface area contributed by atoms with Crippen molar-refractivity contribution in [2.45, 2.75) is 38.6 Å². The molecule has 1 aromatic heterocycles. The molecule has 2 aliphatic rings. The average Bonchev–Trinajstić information content (AvgIpc) is 3.01. The highest BCUT2D eigenvalue weighted by atomic mass is 16.5. The van der Waals surface area contributed by atoms with Gasteiger partial charge in [0.2, 0.25) is 5.91 Å². The lowest BCUT2D eigenvalue weighted by molar-refractivity contribution is -0.135. The number of carbonyl (C=O) groups is 3. The zero-order valence-corrected chi connectivity index (χ0v) is 19.3. The molecule has 0 spiro atoms. The van der Waals surface area contributed by atoms with Gasteiger partial charge in [0.05, 0.1) is 18.8 Å². The summed E-state index contributed by atoms with van der Waals surface area (Å²) in [5.41, 5.74) is 1.11. The maximum atomic E-state index is 13.0. The number of Topliss-reactive ketones (excluding diaryl/α,β-unsaturated/α-hetero) is 1. The minimum Gasteiger partial charge on any atom is -0.378 e. The number of nitrogens with one attached hydrogen (secondary N) is 1. The topological polar surface area (TPSA) is 83.9 Å². The van der Waals surface area contributed by atoms with Gasteiger partial charge in [-0.05, 0) is 45.0 Å². The molecule has 8 nitrogen and oxygen atoms in total. The molecule has 2 saturated heterocycles. The molecular weight excluding hydrogens is 420 g/mol. The van der Waals surface area contributed by atoms with Crippen LogP contribution in [0.2, 0.25) is 0 Å². The van der Waals surface area contributed by atoms with Crippen LogP contribution in [0, 0.1) is 0 Å². The Kier molecular flexibility index (Phi) is 8.12. The second-order valence-electron chi connectivity index (χ2n) is 8.88. The molecule has 8 heteroatoms. The molecule has 2 aromatic rings. The van der Waals surface area contributed by atoms with Crippen LogP contribution in [0.1, 0.15) is 42.5 Å². The molecule has 3 heterocycles. The van der Waals surface area contributed by atoms with Gasteiger partial charge in [-0.3, -0.25) is 14.4 Å². The van der Waals surface area contributed by atoms with Crippen molar-refractivity contribution in [3.63, 3.8) is 0 Å². The monoisotopic (exact) mass is 454 g/mol. The van der Waals surface area contributed by atoms with Crippen LogP contribution in [0.5, 0.6) is 0 Å². The van der Waals surface area contributed by atoms with E-state index in [1.807, 2.05) is 24.3 Å². The Labute approximate surface area is 194 Å². The predicted molar refractivity (Wildman–Crippen MR) is 126 cm³/mol. The van der Waals surface area contributed by atoms with E-state index in [-0.39, 0.29) is 12.5 Å². The first kappa shape index (κ1) is 23.4. The van der Waals surface area contributed by atoms with Crippen LogP contribution in [0.15, 0.2) is 30.5 Å². The minimum absolute atomic E-state index is 0.0176. The fourth-order valence-corrected chi connectivity index (χ4v) is 4.68. The Morgan fingerprint density at radius 3 is 2.42 bits per heavy atom. The van der Waals surface area contributed by atoms with Crippen molar-refractivity contribution in [3.05, 3.63) is 36.0 Å². The van der Waals surface area contributed by atoms with Gasteiger partial charge in [-0.1, -0.05) is 31.0 Å². The Morgan fingerprint density at radius 2 is 1.67 bits per heavy atom. The molecule has 1 N–H and O–H groups in total. The lowest BCUT2D eigenvalue weighted by Gasteiger charge is -2.27. The number of nitrogens with zero attached hydrogens (tertiary/aromatic N) is 3. The molecule has 4 rings (SSSR count). The van der Waals surface area contributed by atoms with Crippen molar-refractivity contribution in [3.8, 4) is 0 Å². The number of para-hydroxylation sites is 1. The highest BCUT2D eigenvalue weighted by molar-refractivity contribution is 6.45. The third kappa shape index (κ3) is 6.00. The number of ketones is 1. The van der Waals surface area contributed by atoms with Gasteiger partial charge in [0.1, 0.15) is 6.54 Å². The molecule has 33 heavy (non-hydrogen) atoms. The number of likely N-dealkylation sites (tertiary alicyclic amines) is 1. The maximum absolute atomic E-state index is 13.0. The summed E-state index contributed by atoms with van der Waals surface area (Å²) in [6.07, 6.45) is 7.55. The van der Waals surface area contributed by atoms with Crippen molar-refractivity contribution >= 4 is 28.5 Å². The summed E-state index contributed by atoms with van der Waals surface area (Å²) in [5.74, 6) is -1.16. The van der Waals surface area contributed by atoms with Crippen LogP contribution in [-0.4, -0.2) is 84.4 Å². The highest BCUT2D eigenvalue weighted by Crippen LogP contribution is 2.22. The molecule has 0 bridgehead atoms. The van der Waals surface area contributed by atoms with E-state index >= 15 is 0 Å². The summed E-state index contributed by atoms with van der Waals surface area (Å²) in [7, 11) is 0. The Morgan fingerprint density at radius 1 is 0.939 bits per heavy atom. The van der Waals surface area contributed by atoms with Crippen molar-refractivity contribution in [1.29, 1.82) is 0 Å². The standard InChI is InChI=1S/C25H34N4O4/c30-23(28-14-16-33-17-15-28)19-29-18-21(20-8-3-4-9-22(20)29)24(31)25(32)26-10-7-13-27-11-5-1-2-6-12-27/h3-4,8-9,18H,1-2,5-7,10-17,19H2,(H,26,32). The fraction of sp³-hybridized carbons (Fsp3) is 0.560. The van der Waals surface area contributed by atoms with Crippen LogP contribution >= 0.6 is 0 Å². The van der Waals surface area contributed by atoms with E-state index in [2.05, 4.69) is 10.2 Å². The maximum Gasteiger partial charge on any atom is 0.292 e. The van der Waals surface area contributed by atoms with Crippen LogP contribution < -0.4 is 5.32 Å². The molecule has 0 unspecified atom stereocenters. The second-order valence-corrected chi connectivity index (χ2v) is 8.88. The summed E-state index contributed by atoms with van der Waals surface area (Å²) in [6, 6.07) is 7.41. The lowest BCUT2D eigenvalue weighted by Crippen LogP contribution is -2.42. The van der Waals surface area contributed by atoms with Gasteiger partial charge in [-0.2, -0.15) is 0 Å². The van der Waals surface area contributed by atoms with Gasteiger partial charge in [0.25, 0.3) is 11.7 Å². The molecule has 0 radical (unpaired) electrons. The largest absolute Gasteiger partial charge is 0.378 e. The summed E-state index contributed by atoms with van der Waals surface area (Å²) in [4.78, 5) is 42.5. The Balaban J connectivity index is 1.37. The van der Waals surface area contributed by atoms with Crippen LogP contribution in [0.25, 0.3) is 10.9 Å². The highest BCUT2D eigenvalue weighted by Gasteiger charge is 2.23. The van der Waals surface area contributed by atoms with E-state index in [4.69, 9.17) is 4.74 Å². The first-order valence-electron chi connectivity index (χ1n) is 12.1. The van der Waals surface area contributed by atoms with Gasteiger partial charge in [-0.25, -0.2) is 0 Å². The normalized spacial score (nSPS) is 17.6. The van der Waals surface area contributed by atoms with Gasteiger partial charge >= 0.3 is 0 Å². The number of rotatable bonds is 8. The van der Waals surface area contributed by atoms with Crippen molar-refractivity contribution in [2.24, 2.45) is 0 Å². The molecule has 1 aromatic carbocycles. The third-order valence-corrected chi connectivity index (χ3v) is 6.54. The number of carbonyl (C=O) groups excluding carboxylic acids is 3. The number of aromatic nitrogens is 1. The number of morpholine rings is 1. The van der Waals surface area contributed by atoms with Crippen molar-refractivity contribution in [2.75, 3.05) is 52.5 Å². The SMILES string of the molecule is O=C(NCCCN1CCCCCC1)C(=O)c1cn(CC(=O)N2CCOCC2)c2ccccc12. The minimum atomic E-state index is -0.590. The van der Waals surface area contributed by atoms with Gasteiger partial charge in [0.15, 0.2) is 0 Å². The molecular formula is C25H34N4O4. The Bertz CT molecular complexity index is 972. The number of fused-ring (bicyclic) bond motifs is 1. The number of benzene rings is 1. The van der Waals surface area contributed by atoms with Crippen LogP contribution in [0.3, 0.4) is 0 Å². The van der Waals surface area contributed by atoms with E-state index in [0.717, 1.165) is 31.6 Å². The average molecular weight is 455 g/mol. The summed E-state index contributed by atoms with van der Waals surface area (Å²) in [6.45, 7) is 6.02. The van der Waals surface area contributed by atoms with E-state index in [0.29, 0.717) is 43.8 Å². The molecule has 178 valence electrons. The zero-order chi connectivity index (χ0) is 23.0. The number of ether oxygens (including phenoxy) is 1. The predicted octanol–water partition coefficient (Wildman–Crippen LogP) is 2.07. The summed E-state index contributed by atoms with van der Waals surface area (Å²) in [5, 5.41) is 3.48. The quantitative estimate of drug-likeness (QED) is 0.375. The Hall–Kier alpha value is -2.71. The van der Waals surface area contributed by atoms with Crippen LogP contribution in [-0.2, 0) is 20.9 Å². The first-order chi connectivity index (χ1) is 16.1. The molecule has 2 amide bonds. The van der Waals surface area contributed by atoms with Crippen LogP contribution in [0.4, 0.5) is 0 Å². The number of hydrogen-bond donors (Lipinski definition) is 1. The lowest BCUT2D eigenvalue weighted by atomic mass is 10.1. The van der Waals surface area contributed by atoms with Gasteiger partial charge < -0.3 is 24.4 Å². The van der Waals surface area contributed by atoms with Gasteiger partial charge in [-0.15, -0.1) is 0 Å². The van der Waals surface area contributed by atoms with Gasteiger partial charge in [0, 0.05) is 36.7 Å². The molecule has 0 aliphatic carbocycles. The zero-order valence-electron chi connectivity index (χ0n) is 19.3. The number of hydrogen-bond acceptors (Lipinski definition) is 5. The number of amides is 2. The molecule has 2 aliphatic heterocycles. The molecule has 0 saturated carbocycles. The smallest absolute Gasteiger partial charge is 0.292 e. The van der Waals surface area contributed by atoms with Crippen molar-refractivity contribution in [1.82, 2.24) is 19.7 Å². The summed E-state index contributed by atoms with van der Waals surface area (Å²) < 4.78 is 7.09. The van der Waals surface area contributed by atoms with E-state index < -0.39 is 11.7 Å². The second kappa shape index (κ2) is 11.4. The third-order valence-electron chi connectivity index (χ3n) is 6.54. The van der Waals surface area contributed by atoms with Crippen molar-refractivity contribution < 1.29 is 19.1 Å². The van der Waals surface area contributed by atoms with E-state index in [1.165, 1.54) is 25.7 Å². The van der Waals surface area contributed by atoms with E-state index in [9.17, 15) is 14.4 Å². The van der Waals surface area contributed by atoms with E-state index in [1.54, 1.807) is 15.7 Å². The summed E-state index contributed by atoms with van der Waals surface area (Å²) >= 11 is 0. The first-order valence-corrected chi connectivity index (χ1v) is 12.1. The molecule has 2 fully saturated rings. The molecule has 0 atom stereocenters. The fourth-order valence-electron chi connectivity index (χ4n) is 4.68.